The van der Waals surface area contributed by atoms with E-state index in [9.17, 15) is 0 Å². The van der Waals surface area contributed by atoms with E-state index in [2.05, 4.69) is 59.3 Å². The number of allylic oxidation sites excluding steroid dienone is 1. The van der Waals surface area contributed by atoms with Crippen molar-refractivity contribution in [2.45, 2.75) is 57.5 Å². The number of likely N-dealkylation sites (tertiary alicyclic amines) is 1. The number of nitrogens with two attached hydrogens (primary N) is 1. The van der Waals surface area contributed by atoms with Crippen LogP contribution in [-0.4, -0.2) is 43.6 Å². The maximum atomic E-state index is 15.4. The number of nitrogen functional groups attached to an aromatic ring is 1. The Labute approximate surface area is 216 Å². The van der Waals surface area contributed by atoms with E-state index in [-0.39, 0.29) is 11.7 Å². The van der Waals surface area contributed by atoms with Gasteiger partial charge in [0, 0.05) is 29.9 Å². The molecule has 8 heteroatoms. The third kappa shape index (κ3) is 4.46. The molecule has 0 amide bonds. The van der Waals surface area contributed by atoms with E-state index >= 15 is 4.39 Å². The summed E-state index contributed by atoms with van der Waals surface area (Å²) in [6, 6.07) is 14.7. The molecular weight excluding hydrogens is 465 g/mol. The highest BCUT2D eigenvalue weighted by Crippen LogP contribution is 2.45. The summed E-state index contributed by atoms with van der Waals surface area (Å²) in [4.78, 5) is 16.0. The van der Waals surface area contributed by atoms with E-state index in [1.54, 1.807) is 16.8 Å². The minimum Gasteiger partial charge on any atom is -0.384 e. The Morgan fingerprint density at radius 3 is 2.54 bits per heavy atom. The number of aromatic nitrogens is 4. The Morgan fingerprint density at radius 1 is 1.08 bits per heavy atom. The highest BCUT2D eigenvalue weighted by Gasteiger charge is 2.34. The topological polar surface area (TPSA) is 84.9 Å². The zero-order valence-electron chi connectivity index (χ0n) is 21.4. The fraction of sp³-hybridized carbons (Fsp3) is 0.345. The van der Waals surface area contributed by atoms with E-state index in [1.807, 2.05) is 24.3 Å². The number of hydrogen-bond donors (Lipinski definition) is 2. The lowest BCUT2D eigenvalue weighted by Gasteiger charge is -2.21. The second-order valence-corrected chi connectivity index (χ2v) is 10.4. The lowest BCUT2D eigenvalue weighted by atomic mass is 10.0. The summed E-state index contributed by atoms with van der Waals surface area (Å²) in [6.45, 7) is 4.45. The molecule has 0 bridgehead atoms. The van der Waals surface area contributed by atoms with Crippen molar-refractivity contribution in [1.29, 1.82) is 0 Å². The summed E-state index contributed by atoms with van der Waals surface area (Å²) < 4.78 is 17.2. The predicted molar refractivity (Wildman–Crippen MR) is 147 cm³/mol. The number of hydrogen-bond acceptors (Lipinski definition) is 6. The van der Waals surface area contributed by atoms with Crippen LogP contribution in [0.1, 0.15) is 56.7 Å². The number of pyridine rings is 1. The first-order chi connectivity index (χ1) is 17.9. The van der Waals surface area contributed by atoms with Crippen LogP contribution in [0.25, 0.3) is 22.4 Å². The van der Waals surface area contributed by atoms with Crippen LogP contribution in [0.5, 0.6) is 0 Å². The molecule has 2 aliphatic rings. The smallest absolute Gasteiger partial charge is 0.229 e. The molecule has 4 aromatic rings. The van der Waals surface area contributed by atoms with Gasteiger partial charge in [-0.25, -0.2) is 14.4 Å². The van der Waals surface area contributed by atoms with Gasteiger partial charge in [-0.3, -0.25) is 9.47 Å². The van der Waals surface area contributed by atoms with Gasteiger partial charge in [0.05, 0.1) is 11.1 Å². The van der Waals surface area contributed by atoms with Crippen LogP contribution in [-0.2, 0) is 0 Å². The molecule has 3 N–H and O–H groups in total. The fourth-order valence-electron chi connectivity index (χ4n) is 5.30. The monoisotopic (exact) mass is 497 g/mol. The zero-order chi connectivity index (χ0) is 25.7. The zero-order valence-corrected chi connectivity index (χ0v) is 21.4. The van der Waals surface area contributed by atoms with Gasteiger partial charge in [0.25, 0.3) is 0 Å². The molecule has 1 saturated heterocycles. The SMILES string of the molecule is C/C(=C\C1CCC(C)N1C)c1ccc(Nc2ncc3c(F)c(C4CC4)n(-c4cccc(N)n4)c3n2)cc1. The lowest BCUT2D eigenvalue weighted by Crippen LogP contribution is -2.28. The van der Waals surface area contributed by atoms with Gasteiger partial charge in [-0.2, -0.15) is 4.98 Å². The Kier molecular flexibility index (Phi) is 5.91. The van der Waals surface area contributed by atoms with Crippen molar-refractivity contribution in [3.05, 3.63) is 71.8 Å². The number of nitrogens with one attached hydrogen (secondary N) is 1. The fourth-order valence-corrected chi connectivity index (χ4v) is 5.30. The summed E-state index contributed by atoms with van der Waals surface area (Å²) >= 11 is 0. The number of fused-ring (bicyclic) bond motifs is 1. The molecule has 1 aromatic carbocycles. The first-order valence-electron chi connectivity index (χ1n) is 13.0. The van der Waals surface area contributed by atoms with Gasteiger partial charge in [0.15, 0.2) is 11.5 Å². The highest BCUT2D eigenvalue weighted by atomic mass is 19.1. The van der Waals surface area contributed by atoms with Crippen molar-refractivity contribution >= 4 is 34.1 Å². The second-order valence-electron chi connectivity index (χ2n) is 10.4. The normalized spacial score (nSPS) is 20.6. The molecule has 7 nitrogen and oxygen atoms in total. The van der Waals surface area contributed by atoms with Crippen molar-refractivity contribution in [2.75, 3.05) is 18.1 Å². The maximum absolute atomic E-state index is 15.4. The lowest BCUT2D eigenvalue weighted by molar-refractivity contribution is 0.287. The van der Waals surface area contributed by atoms with E-state index < -0.39 is 0 Å². The summed E-state index contributed by atoms with van der Waals surface area (Å²) in [5.41, 5.74) is 10.4. The molecule has 0 spiro atoms. The standard InChI is InChI=1S/C29H32FN7/c1-17(15-22-14-7-18(2)36(22)3)19-10-12-21(13-11-19)33-29-32-16-23-26(30)27(20-8-9-20)37(28(23)35-29)25-6-4-5-24(31)34-25/h4-6,10-13,15-16,18,20,22H,7-9,14H2,1-3H3,(H2,31,34)(H,32,33,35)/b17-15+. The first-order valence-corrected chi connectivity index (χ1v) is 13.0. The third-order valence-corrected chi connectivity index (χ3v) is 7.77. The number of halogens is 1. The van der Waals surface area contributed by atoms with E-state index in [0.29, 0.717) is 46.4 Å². The molecule has 3 aromatic heterocycles. The average molecular weight is 498 g/mol. The van der Waals surface area contributed by atoms with E-state index in [1.165, 1.54) is 24.0 Å². The summed E-state index contributed by atoms with van der Waals surface area (Å²) in [5, 5.41) is 3.67. The molecular formula is C29H32FN7. The summed E-state index contributed by atoms with van der Waals surface area (Å²) in [5.74, 6) is 1.23. The molecule has 37 heavy (non-hydrogen) atoms. The Balaban J connectivity index is 1.29. The van der Waals surface area contributed by atoms with Crippen LogP contribution in [0.3, 0.4) is 0 Å². The minimum atomic E-state index is -0.276. The first kappa shape index (κ1) is 23.6. The van der Waals surface area contributed by atoms with Crippen molar-refractivity contribution in [2.24, 2.45) is 0 Å². The van der Waals surface area contributed by atoms with Gasteiger partial charge < -0.3 is 11.1 Å². The Morgan fingerprint density at radius 2 is 1.86 bits per heavy atom. The van der Waals surface area contributed by atoms with Crippen molar-refractivity contribution in [3.63, 3.8) is 0 Å². The summed E-state index contributed by atoms with van der Waals surface area (Å²) in [6.07, 6.45) is 8.25. The van der Waals surface area contributed by atoms with Crippen molar-refractivity contribution < 1.29 is 4.39 Å². The van der Waals surface area contributed by atoms with Gasteiger partial charge in [0.1, 0.15) is 11.6 Å². The Bertz CT molecular complexity index is 1490. The highest BCUT2D eigenvalue weighted by molar-refractivity contribution is 5.81. The number of nitrogens with zero attached hydrogens (tertiary/aromatic N) is 5. The van der Waals surface area contributed by atoms with Gasteiger partial charge in [-0.05, 0) is 82.0 Å². The second kappa shape index (κ2) is 9.27. The molecule has 2 unspecified atom stereocenters. The van der Waals surface area contributed by atoms with Gasteiger partial charge in [-0.1, -0.05) is 24.3 Å². The molecule has 0 radical (unpaired) electrons. The van der Waals surface area contributed by atoms with Crippen LogP contribution in [0.2, 0.25) is 0 Å². The molecule has 190 valence electrons. The number of anilines is 3. The Hall–Kier alpha value is -3.78. The maximum Gasteiger partial charge on any atom is 0.229 e. The quantitative estimate of drug-likeness (QED) is 0.338. The summed E-state index contributed by atoms with van der Waals surface area (Å²) in [7, 11) is 2.20. The molecule has 4 heterocycles. The predicted octanol–water partition coefficient (Wildman–Crippen LogP) is 6.04. The molecule has 2 fully saturated rings. The molecule has 1 aliphatic heterocycles. The average Bonchev–Trinajstić information content (AvgIpc) is 3.63. The van der Waals surface area contributed by atoms with Crippen LogP contribution in [0.4, 0.5) is 21.8 Å². The molecule has 1 saturated carbocycles. The number of rotatable bonds is 6. The van der Waals surface area contributed by atoms with Crippen LogP contribution in [0.15, 0.2) is 54.7 Å². The number of likely N-dealkylation sites (N-methyl/N-ethyl adjacent to an activating group) is 1. The molecule has 1 aliphatic carbocycles. The van der Waals surface area contributed by atoms with Crippen LogP contribution >= 0.6 is 0 Å². The van der Waals surface area contributed by atoms with Gasteiger partial charge >= 0.3 is 0 Å². The van der Waals surface area contributed by atoms with Crippen molar-refractivity contribution in [3.8, 4) is 5.82 Å². The van der Waals surface area contributed by atoms with E-state index in [4.69, 9.17) is 10.7 Å². The molecule has 6 rings (SSSR count). The third-order valence-electron chi connectivity index (χ3n) is 7.77. The molecule has 2 atom stereocenters. The minimum absolute atomic E-state index is 0.157. The van der Waals surface area contributed by atoms with Crippen molar-refractivity contribution in [1.82, 2.24) is 24.4 Å². The van der Waals surface area contributed by atoms with Gasteiger partial charge in [0.2, 0.25) is 5.95 Å². The van der Waals surface area contributed by atoms with Gasteiger partial charge in [-0.15, -0.1) is 0 Å². The van der Waals surface area contributed by atoms with Crippen LogP contribution < -0.4 is 11.1 Å². The largest absolute Gasteiger partial charge is 0.384 e. The number of benzene rings is 1. The van der Waals surface area contributed by atoms with Crippen LogP contribution in [0, 0.1) is 5.82 Å². The van der Waals surface area contributed by atoms with E-state index in [0.717, 1.165) is 18.5 Å².